The maximum atomic E-state index is 12.4. The first-order valence-electron chi connectivity index (χ1n) is 6.52. The van der Waals surface area contributed by atoms with Crippen molar-refractivity contribution >= 4 is 28.5 Å². The standard InChI is InChI=1S/C15H18ClNO3/c1-9(18)6-7-17(3)15(19)14-10(2)12-8-11(16)4-5-13(12)20-14/h4-5,8-9,18H,6-7H2,1-3H3. The Morgan fingerprint density at radius 1 is 1.50 bits per heavy atom. The Balaban J connectivity index is 2.28. The highest BCUT2D eigenvalue weighted by Crippen LogP contribution is 2.28. The highest BCUT2D eigenvalue weighted by atomic mass is 35.5. The molecule has 5 heteroatoms. The van der Waals surface area contributed by atoms with Gasteiger partial charge in [-0.15, -0.1) is 0 Å². The number of benzene rings is 1. The van der Waals surface area contributed by atoms with Crippen molar-refractivity contribution < 1.29 is 14.3 Å². The van der Waals surface area contributed by atoms with E-state index >= 15 is 0 Å². The van der Waals surface area contributed by atoms with Crippen LogP contribution in [0.25, 0.3) is 11.0 Å². The summed E-state index contributed by atoms with van der Waals surface area (Å²) in [6.45, 7) is 4.03. The third-order valence-electron chi connectivity index (χ3n) is 3.32. The van der Waals surface area contributed by atoms with E-state index in [-0.39, 0.29) is 5.91 Å². The second-order valence-electron chi connectivity index (χ2n) is 5.06. The van der Waals surface area contributed by atoms with E-state index < -0.39 is 6.10 Å². The molecule has 1 amide bonds. The van der Waals surface area contributed by atoms with Gasteiger partial charge in [0.1, 0.15) is 5.58 Å². The van der Waals surface area contributed by atoms with Gasteiger partial charge in [-0.25, -0.2) is 0 Å². The fourth-order valence-corrected chi connectivity index (χ4v) is 2.22. The molecular formula is C15H18ClNO3. The van der Waals surface area contributed by atoms with Crippen LogP contribution in [0, 0.1) is 6.92 Å². The Morgan fingerprint density at radius 3 is 2.85 bits per heavy atom. The maximum absolute atomic E-state index is 12.4. The molecule has 2 aromatic rings. The molecule has 1 heterocycles. The highest BCUT2D eigenvalue weighted by molar-refractivity contribution is 6.31. The number of fused-ring (bicyclic) bond motifs is 1. The normalized spacial score (nSPS) is 12.7. The number of furan rings is 1. The van der Waals surface area contributed by atoms with E-state index in [0.29, 0.717) is 29.3 Å². The van der Waals surface area contributed by atoms with Gasteiger partial charge in [0.15, 0.2) is 5.76 Å². The number of aliphatic hydroxyl groups excluding tert-OH is 1. The summed E-state index contributed by atoms with van der Waals surface area (Å²) < 4.78 is 5.63. The number of carbonyl (C=O) groups is 1. The largest absolute Gasteiger partial charge is 0.451 e. The fourth-order valence-electron chi connectivity index (χ4n) is 2.05. The van der Waals surface area contributed by atoms with Crippen molar-refractivity contribution in [2.45, 2.75) is 26.4 Å². The van der Waals surface area contributed by atoms with Crippen molar-refractivity contribution in [3.63, 3.8) is 0 Å². The number of amides is 1. The summed E-state index contributed by atoms with van der Waals surface area (Å²) in [5.74, 6) is 0.144. The van der Waals surface area contributed by atoms with Gasteiger partial charge in [-0.3, -0.25) is 4.79 Å². The van der Waals surface area contributed by atoms with E-state index in [1.807, 2.05) is 6.92 Å². The van der Waals surface area contributed by atoms with E-state index in [9.17, 15) is 9.90 Å². The molecule has 0 aliphatic heterocycles. The van der Waals surface area contributed by atoms with E-state index in [0.717, 1.165) is 10.9 Å². The zero-order chi connectivity index (χ0) is 14.9. The SMILES string of the molecule is Cc1c(C(=O)N(C)CCC(C)O)oc2ccc(Cl)cc12. The highest BCUT2D eigenvalue weighted by Gasteiger charge is 2.21. The van der Waals surface area contributed by atoms with Crippen molar-refractivity contribution in [2.75, 3.05) is 13.6 Å². The van der Waals surface area contributed by atoms with Crippen molar-refractivity contribution in [2.24, 2.45) is 0 Å². The quantitative estimate of drug-likeness (QED) is 0.942. The topological polar surface area (TPSA) is 53.7 Å². The lowest BCUT2D eigenvalue weighted by Crippen LogP contribution is -2.29. The molecule has 0 saturated carbocycles. The van der Waals surface area contributed by atoms with Crippen molar-refractivity contribution in [3.8, 4) is 0 Å². The molecule has 0 bridgehead atoms. The van der Waals surface area contributed by atoms with Crippen molar-refractivity contribution in [1.82, 2.24) is 4.90 Å². The third kappa shape index (κ3) is 2.97. The number of nitrogens with zero attached hydrogens (tertiary/aromatic N) is 1. The van der Waals surface area contributed by atoms with Crippen LogP contribution in [0.1, 0.15) is 29.5 Å². The Labute approximate surface area is 122 Å². The van der Waals surface area contributed by atoms with Gasteiger partial charge < -0.3 is 14.4 Å². The molecule has 0 spiro atoms. The first-order valence-corrected chi connectivity index (χ1v) is 6.90. The minimum Gasteiger partial charge on any atom is -0.451 e. The number of carbonyl (C=O) groups excluding carboxylic acids is 1. The number of hydrogen-bond donors (Lipinski definition) is 1. The molecule has 4 nitrogen and oxygen atoms in total. The third-order valence-corrected chi connectivity index (χ3v) is 3.56. The lowest BCUT2D eigenvalue weighted by atomic mass is 10.1. The number of halogens is 1. The number of aliphatic hydroxyl groups is 1. The summed E-state index contributed by atoms with van der Waals surface area (Å²) in [6, 6.07) is 5.29. The summed E-state index contributed by atoms with van der Waals surface area (Å²) in [7, 11) is 1.70. The molecule has 0 aliphatic carbocycles. The van der Waals surface area contributed by atoms with E-state index in [1.54, 1.807) is 37.1 Å². The summed E-state index contributed by atoms with van der Waals surface area (Å²) in [6.07, 6.45) is 0.105. The molecule has 0 aliphatic rings. The van der Waals surface area contributed by atoms with Gasteiger partial charge in [0.2, 0.25) is 0 Å². The van der Waals surface area contributed by atoms with Gasteiger partial charge in [-0.1, -0.05) is 11.6 Å². The number of hydrogen-bond acceptors (Lipinski definition) is 3. The minimum atomic E-state index is -0.430. The summed E-state index contributed by atoms with van der Waals surface area (Å²) in [4.78, 5) is 13.9. The van der Waals surface area contributed by atoms with Crippen LogP contribution in [0.5, 0.6) is 0 Å². The van der Waals surface area contributed by atoms with E-state index in [2.05, 4.69) is 0 Å². The molecule has 20 heavy (non-hydrogen) atoms. The smallest absolute Gasteiger partial charge is 0.289 e. The molecule has 0 fully saturated rings. The molecular weight excluding hydrogens is 278 g/mol. The Hall–Kier alpha value is -1.52. The lowest BCUT2D eigenvalue weighted by Gasteiger charge is -2.16. The Morgan fingerprint density at radius 2 is 2.20 bits per heavy atom. The molecule has 1 aromatic heterocycles. The second kappa shape index (κ2) is 5.85. The van der Waals surface area contributed by atoms with Crippen LogP contribution in [0.3, 0.4) is 0 Å². The molecule has 2 rings (SSSR count). The summed E-state index contributed by atoms with van der Waals surface area (Å²) in [5.41, 5.74) is 1.44. The maximum Gasteiger partial charge on any atom is 0.289 e. The van der Waals surface area contributed by atoms with Crippen LogP contribution >= 0.6 is 11.6 Å². The van der Waals surface area contributed by atoms with Gasteiger partial charge in [0.25, 0.3) is 5.91 Å². The van der Waals surface area contributed by atoms with Crippen LogP contribution in [0.2, 0.25) is 5.02 Å². The molecule has 108 valence electrons. The zero-order valence-electron chi connectivity index (χ0n) is 11.8. The molecule has 0 saturated heterocycles. The molecule has 0 radical (unpaired) electrons. The van der Waals surface area contributed by atoms with Crippen LogP contribution in [-0.2, 0) is 0 Å². The monoisotopic (exact) mass is 295 g/mol. The van der Waals surface area contributed by atoms with Gasteiger partial charge >= 0.3 is 0 Å². The van der Waals surface area contributed by atoms with Gasteiger partial charge in [0.05, 0.1) is 6.10 Å². The second-order valence-corrected chi connectivity index (χ2v) is 5.50. The number of aryl methyl sites for hydroxylation is 1. The Kier molecular flexibility index (Phi) is 4.35. The fraction of sp³-hybridized carbons (Fsp3) is 0.400. The molecule has 1 aromatic carbocycles. The summed E-state index contributed by atoms with van der Waals surface area (Å²) >= 11 is 5.96. The van der Waals surface area contributed by atoms with Crippen molar-refractivity contribution in [1.29, 1.82) is 0 Å². The average Bonchev–Trinajstić information content (AvgIpc) is 2.72. The molecule has 1 N–H and O–H groups in total. The van der Waals surface area contributed by atoms with Crippen LogP contribution < -0.4 is 0 Å². The molecule has 1 unspecified atom stereocenters. The predicted octanol–water partition coefficient (Wildman–Crippen LogP) is 3.24. The first kappa shape index (κ1) is 14.9. The zero-order valence-corrected chi connectivity index (χ0v) is 12.6. The predicted molar refractivity (Wildman–Crippen MR) is 79.2 cm³/mol. The van der Waals surface area contributed by atoms with E-state index in [1.165, 1.54) is 0 Å². The lowest BCUT2D eigenvalue weighted by molar-refractivity contribution is 0.0739. The van der Waals surface area contributed by atoms with E-state index in [4.69, 9.17) is 16.0 Å². The molecule has 1 atom stereocenters. The van der Waals surface area contributed by atoms with Crippen molar-refractivity contribution in [3.05, 3.63) is 34.5 Å². The van der Waals surface area contributed by atoms with Crippen LogP contribution in [0.4, 0.5) is 0 Å². The first-order chi connectivity index (χ1) is 9.40. The van der Waals surface area contributed by atoms with Gasteiger partial charge in [0, 0.05) is 29.6 Å². The van der Waals surface area contributed by atoms with Gasteiger partial charge in [-0.2, -0.15) is 0 Å². The summed E-state index contributed by atoms with van der Waals surface area (Å²) in [5, 5.41) is 10.7. The number of rotatable bonds is 4. The van der Waals surface area contributed by atoms with Crippen LogP contribution in [-0.4, -0.2) is 35.6 Å². The van der Waals surface area contributed by atoms with Crippen LogP contribution in [0.15, 0.2) is 22.6 Å². The minimum absolute atomic E-state index is 0.185. The van der Waals surface area contributed by atoms with Gasteiger partial charge in [-0.05, 0) is 38.5 Å². The average molecular weight is 296 g/mol. The Bertz CT molecular complexity index is 633.